The first kappa shape index (κ1) is 14.2. The van der Waals surface area contributed by atoms with E-state index in [1.807, 2.05) is 0 Å². The van der Waals surface area contributed by atoms with E-state index >= 15 is 0 Å². The van der Waals surface area contributed by atoms with Gasteiger partial charge in [0.15, 0.2) is 5.03 Å². The molecule has 1 rings (SSSR count). The van der Waals surface area contributed by atoms with Crippen molar-refractivity contribution in [3.05, 3.63) is 50.1 Å². The van der Waals surface area contributed by atoms with Gasteiger partial charge >= 0.3 is 5.97 Å². The first-order chi connectivity index (χ1) is 8.82. The summed E-state index contributed by atoms with van der Waals surface area (Å²) in [5, 5.41) is 38.0. The minimum absolute atomic E-state index is 0.0791. The first-order valence-corrected chi connectivity index (χ1v) is 4.88. The number of benzene rings is 1. The second kappa shape index (κ2) is 5.62. The van der Waals surface area contributed by atoms with Gasteiger partial charge in [-0.05, 0) is 24.3 Å². The maximum absolute atomic E-state index is 10.9. The molecule has 0 aliphatic carbocycles. The molecule has 0 saturated carbocycles. The third-order valence-corrected chi connectivity index (χ3v) is 2.29. The number of phenols is 1. The molecule has 2 atom stereocenters. The molecule has 0 heterocycles. The van der Waals surface area contributed by atoms with Crippen molar-refractivity contribution < 1.29 is 25.0 Å². The number of aromatic hydroxyl groups is 1. The lowest BCUT2D eigenvalue weighted by Crippen LogP contribution is -2.47. The maximum atomic E-state index is 10.9. The number of aliphatic carboxylic acids is 1. The van der Waals surface area contributed by atoms with Crippen LogP contribution >= 0.6 is 0 Å². The number of rotatable bonds is 6. The van der Waals surface area contributed by atoms with Crippen LogP contribution in [0.3, 0.4) is 0 Å². The summed E-state index contributed by atoms with van der Waals surface area (Å²) < 4.78 is 0. The number of nitrogens with one attached hydrogen (secondary N) is 1. The fraction of sp³-hybridized carbons (Fsp3) is 0.222. The highest BCUT2D eigenvalue weighted by molar-refractivity contribution is 5.74. The Morgan fingerprint density at radius 1 is 1.21 bits per heavy atom. The zero-order valence-corrected chi connectivity index (χ0v) is 9.29. The van der Waals surface area contributed by atoms with E-state index in [0.717, 1.165) is 24.3 Å². The highest BCUT2D eigenvalue weighted by atomic mass is 16.7. The highest BCUT2D eigenvalue weighted by Gasteiger charge is 2.42. The summed E-state index contributed by atoms with van der Waals surface area (Å²) in [6, 6.07) is 0.604. The van der Waals surface area contributed by atoms with Crippen LogP contribution in [0.25, 0.3) is 0 Å². The van der Waals surface area contributed by atoms with Crippen molar-refractivity contribution in [2.75, 3.05) is 0 Å². The van der Waals surface area contributed by atoms with Gasteiger partial charge in [0.2, 0.25) is 0 Å². The average molecular weight is 271 g/mol. The molecular formula is C9H9N3O7. The van der Waals surface area contributed by atoms with Crippen molar-refractivity contribution >= 4 is 5.97 Å². The average Bonchev–Trinajstić information content (AvgIpc) is 2.29. The van der Waals surface area contributed by atoms with E-state index in [-0.39, 0.29) is 11.3 Å². The minimum Gasteiger partial charge on any atom is -0.508 e. The van der Waals surface area contributed by atoms with E-state index in [4.69, 9.17) is 10.2 Å². The van der Waals surface area contributed by atoms with Gasteiger partial charge in [-0.1, -0.05) is 0 Å². The molecule has 0 aliphatic rings. The van der Waals surface area contributed by atoms with Crippen molar-refractivity contribution in [1.29, 1.82) is 0 Å². The number of nitrogens with zero attached hydrogens (tertiary/aromatic N) is 2. The fourth-order valence-corrected chi connectivity index (χ4v) is 1.48. The van der Waals surface area contributed by atoms with Crippen LogP contribution in [0.2, 0.25) is 0 Å². The number of hydrogen-bond donors (Lipinski definition) is 3. The van der Waals surface area contributed by atoms with Crippen LogP contribution in [0.4, 0.5) is 0 Å². The molecule has 102 valence electrons. The van der Waals surface area contributed by atoms with E-state index in [1.165, 1.54) is 5.43 Å². The Morgan fingerprint density at radius 3 is 2.11 bits per heavy atom. The molecule has 0 aromatic heterocycles. The molecular weight excluding hydrogens is 262 g/mol. The van der Waals surface area contributed by atoms with E-state index in [9.17, 15) is 25.0 Å². The lowest BCUT2D eigenvalue weighted by Gasteiger charge is -2.15. The molecule has 0 radical (unpaired) electrons. The van der Waals surface area contributed by atoms with Gasteiger partial charge in [0.05, 0.1) is 0 Å². The summed E-state index contributed by atoms with van der Waals surface area (Å²) in [4.78, 5) is 31.2. The number of carboxylic acid groups (broad SMARTS) is 1. The Morgan fingerprint density at radius 2 is 1.74 bits per heavy atom. The molecule has 0 spiro atoms. The second-order valence-electron chi connectivity index (χ2n) is 3.52. The number of hydrogen-bond acceptors (Lipinski definition) is 6. The predicted molar refractivity (Wildman–Crippen MR) is 59.4 cm³/mol. The molecule has 0 fully saturated rings. The van der Waals surface area contributed by atoms with E-state index in [2.05, 4.69) is 0 Å². The molecule has 19 heavy (non-hydrogen) atoms. The third kappa shape index (κ3) is 3.52. The van der Waals surface area contributed by atoms with E-state index in [0.29, 0.717) is 0 Å². The molecule has 1 aromatic rings. The molecule has 1 aromatic carbocycles. The monoisotopic (exact) mass is 271 g/mol. The van der Waals surface area contributed by atoms with Crippen molar-refractivity contribution in [3.63, 3.8) is 0 Å². The number of carbonyl (C=O) groups is 1. The Balaban J connectivity index is 3.17. The summed E-state index contributed by atoms with van der Waals surface area (Å²) in [5.41, 5.74) is 1.31. The highest BCUT2D eigenvalue weighted by Crippen LogP contribution is 2.23. The molecule has 0 saturated heterocycles. The van der Waals surface area contributed by atoms with Crippen LogP contribution in [0.15, 0.2) is 24.3 Å². The van der Waals surface area contributed by atoms with Gasteiger partial charge in [-0.3, -0.25) is 10.1 Å². The normalized spacial score (nSPS) is 13.3. The van der Waals surface area contributed by atoms with E-state index < -0.39 is 28.0 Å². The predicted octanol–water partition coefficient (Wildman–Crippen LogP) is -0.0555. The van der Waals surface area contributed by atoms with Crippen LogP contribution in [-0.4, -0.2) is 32.2 Å². The SMILES string of the molecule is O=C(O)[C@@H](N[N+](=O)[O-])C(c1ccc(O)cc1)[N+](=O)[O-]. The Kier molecular flexibility index (Phi) is 4.19. The van der Waals surface area contributed by atoms with Gasteiger partial charge in [-0.2, -0.15) is 0 Å². The van der Waals surface area contributed by atoms with Crippen LogP contribution in [-0.2, 0) is 4.79 Å². The number of nitro groups is 2. The molecule has 1 unspecified atom stereocenters. The Bertz CT molecular complexity index is 501. The lowest BCUT2D eigenvalue weighted by molar-refractivity contribution is -0.581. The summed E-state index contributed by atoms with van der Waals surface area (Å²) in [5.74, 6) is -1.90. The van der Waals surface area contributed by atoms with Crippen molar-refractivity contribution in [2.45, 2.75) is 12.1 Å². The molecule has 3 N–H and O–H groups in total. The molecule has 10 nitrogen and oxygen atoms in total. The standard InChI is InChI=1S/C9H9N3O7/c13-6-3-1-5(2-4-6)8(11(16)17)7(9(14)15)10-12(18)19/h1-4,7-8,10,13H,(H,14,15)/t7-,8?/m0/s1. The molecule has 0 bridgehead atoms. The smallest absolute Gasteiger partial charge is 0.339 e. The molecule has 10 heteroatoms. The topological polar surface area (TPSA) is 156 Å². The van der Waals surface area contributed by atoms with Gasteiger partial charge in [0, 0.05) is 10.5 Å². The lowest BCUT2D eigenvalue weighted by atomic mass is 10.0. The van der Waals surface area contributed by atoms with Gasteiger partial charge in [0.25, 0.3) is 12.1 Å². The number of phenolic OH excluding ortho intramolecular Hbond substituents is 1. The Labute approximate surface area is 105 Å². The zero-order chi connectivity index (χ0) is 14.6. The summed E-state index contributed by atoms with van der Waals surface area (Å²) in [6.07, 6.45) is 0. The maximum Gasteiger partial charge on any atom is 0.339 e. The van der Waals surface area contributed by atoms with Crippen LogP contribution < -0.4 is 5.43 Å². The summed E-state index contributed by atoms with van der Waals surface area (Å²) in [7, 11) is 0. The van der Waals surface area contributed by atoms with Crippen LogP contribution in [0.1, 0.15) is 11.6 Å². The third-order valence-electron chi connectivity index (χ3n) is 2.29. The molecule has 0 amide bonds. The quantitative estimate of drug-likeness (QED) is 0.480. The van der Waals surface area contributed by atoms with Crippen molar-refractivity contribution in [1.82, 2.24) is 5.43 Å². The van der Waals surface area contributed by atoms with Crippen molar-refractivity contribution in [3.8, 4) is 5.75 Å². The van der Waals surface area contributed by atoms with Gasteiger partial charge in [-0.15, -0.1) is 5.43 Å². The van der Waals surface area contributed by atoms with E-state index in [1.54, 1.807) is 0 Å². The summed E-state index contributed by atoms with van der Waals surface area (Å²) >= 11 is 0. The summed E-state index contributed by atoms with van der Waals surface area (Å²) in [6.45, 7) is 0. The number of hydrazine groups is 1. The van der Waals surface area contributed by atoms with Crippen LogP contribution in [0, 0.1) is 20.2 Å². The molecule has 0 aliphatic heterocycles. The minimum atomic E-state index is -2.03. The van der Waals surface area contributed by atoms with Gasteiger partial charge < -0.3 is 10.2 Å². The number of carboxylic acids is 1. The second-order valence-corrected chi connectivity index (χ2v) is 3.52. The zero-order valence-electron chi connectivity index (χ0n) is 9.29. The fourth-order valence-electron chi connectivity index (χ4n) is 1.48. The largest absolute Gasteiger partial charge is 0.508 e. The first-order valence-electron chi connectivity index (χ1n) is 4.88. The van der Waals surface area contributed by atoms with Crippen LogP contribution in [0.5, 0.6) is 5.75 Å². The Hall–Kier alpha value is -2.91. The van der Waals surface area contributed by atoms with Gasteiger partial charge in [0.1, 0.15) is 5.75 Å². The van der Waals surface area contributed by atoms with Crippen molar-refractivity contribution in [2.24, 2.45) is 0 Å². The van der Waals surface area contributed by atoms with Gasteiger partial charge in [-0.25, -0.2) is 14.9 Å².